The minimum atomic E-state index is -0.185. The Morgan fingerprint density at radius 2 is 2.00 bits per heavy atom. The number of hydrogen-bond donors (Lipinski definition) is 0. The molecule has 0 saturated carbocycles. The third kappa shape index (κ3) is 3.29. The van der Waals surface area contributed by atoms with Crippen molar-refractivity contribution in [1.29, 1.82) is 0 Å². The van der Waals surface area contributed by atoms with Crippen LogP contribution in [0.5, 0.6) is 0 Å². The molecule has 2 aliphatic heterocycles. The summed E-state index contributed by atoms with van der Waals surface area (Å²) in [4.78, 5) is 14.6. The molecule has 2 fully saturated rings. The number of benzene rings is 1. The molecule has 23 heavy (non-hydrogen) atoms. The summed E-state index contributed by atoms with van der Waals surface area (Å²) in [6, 6.07) is 7.98. The Hall–Kier alpha value is -1.39. The van der Waals surface area contributed by atoms with Crippen molar-refractivity contribution in [2.45, 2.75) is 50.7 Å². The van der Waals surface area contributed by atoms with Gasteiger partial charge in [-0.05, 0) is 49.8 Å². The van der Waals surface area contributed by atoms with Gasteiger partial charge in [-0.15, -0.1) is 0 Å². The molecule has 4 nitrogen and oxygen atoms in total. The van der Waals surface area contributed by atoms with E-state index in [1.54, 1.807) is 7.11 Å². The molecule has 0 bridgehead atoms. The molecule has 0 aliphatic carbocycles. The van der Waals surface area contributed by atoms with E-state index in [1.165, 1.54) is 5.56 Å². The quantitative estimate of drug-likeness (QED) is 0.860. The lowest BCUT2D eigenvalue weighted by atomic mass is 9.81. The molecule has 1 aromatic carbocycles. The average molecular weight is 317 g/mol. The van der Waals surface area contributed by atoms with Crippen LogP contribution in [0, 0.1) is 0 Å². The van der Waals surface area contributed by atoms with Gasteiger partial charge in [-0.2, -0.15) is 0 Å². The number of amides is 1. The van der Waals surface area contributed by atoms with Crippen LogP contribution in [0.3, 0.4) is 0 Å². The van der Waals surface area contributed by atoms with Crippen molar-refractivity contribution in [2.75, 3.05) is 26.8 Å². The number of hydrogen-bond acceptors (Lipinski definition) is 3. The third-order valence-electron chi connectivity index (χ3n) is 5.38. The molecule has 0 N–H and O–H groups in total. The molecule has 1 aromatic rings. The first-order valence-corrected chi connectivity index (χ1v) is 8.73. The highest BCUT2D eigenvalue weighted by molar-refractivity contribution is 5.94. The van der Waals surface area contributed by atoms with Crippen molar-refractivity contribution in [1.82, 2.24) is 4.90 Å². The normalized spacial score (nSPS) is 23.9. The van der Waals surface area contributed by atoms with E-state index in [0.29, 0.717) is 0 Å². The summed E-state index contributed by atoms with van der Waals surface area (Å²) in [7, 11) is 1.77. The molecule has 1 atom stereocenters. The lowest BCUT2D eigenvalue weighted by Gasteiger charge is -2.48. The Morgan fingerprint density at radius 3 is 2.61 bits per heavy atom. The zero-order valence-electron chi connectivity index (χ0n) is 14.2. The minimum absolute atomic E-state index is 0.132. The van der Waals surface area contributed by atoms with Crippen LogP contribution in [0.25, 0.3) is 0 Å². The standard InChI is InChI=1S/C19H27NO3/c1-3-15-6-8-16(9-7-15)18(21)20-12-10-19(11-13-20)17(22-2)5-4-14-23-19/h6-9,17H,3-5,10-14H2,1-2H3. The van der Waals surface area contributed by atoms with Crippen LogP contribution in [0.1, 0.15) is 48.5 Å². The first-order chi connectivity index (χ1) is 11.2. The van der Waals surface area contributed by atoms with Gasteiger partial charge in [0.25, 0.3) is 5.91 Å². The van der Waals surface area contributed by atoms with E-state index < -0.39 is 0 Å². The summed E-state index contributed by atoms with van der Waals surface area (Å²) in [5, 5.41) is 0. The van der Waals surface area contributed by atoms with Crippen molar-refractivity contribution in [2.24, 2.45) is 0 Å². The molecule has 3 rings (SSSR count). The predicted molar refractivity (Wildman–Crippen MR) is 89.7 cm³/mol. The van der Waals surface area contributed by atoms with Crippen molar-refractivity contribution in [3.63, 3.8) is 0 Å². The van der Waals surface area contributed by atoms with E-state index >= 15 is 0 Å². The van der Waals surface area contributed by atoms with Gasteiger partial charge in [0, 0.05) is 32.4 Å². The van der Waals surface area contributed by atoms with Crippen molar-refractivity contribution in [3.8, 4) is 0 Å². The molecule has 1 amide bonds. The Kier molecular flexibility index (Phi) is 5.02. The highest BCUT2D eigenvalue weighted by Gasteiger charge is 2.45. The van der Waals surface area contributed by atoms with Crippen LogP contribution in [0.15, 0.2) is 24.3 Å². The highest BCUT2D eigenvalue weighted by atomic mass is 16.5. The number of carbonyl (C=O) groups excluding carboxylic acids is 1. The average Bonchev–Trinajstić information content (AvgIpc) is 2.62. The van der Waals surface area contributed by atoms with Crippen molar-refractivity contribution >= 4 is 5.91 Å². The monoisotopic (exact) mass is 317 g/mol. The fraction of sp³-hybridized carbons (Fsp3) is 0.632. The summed E-state index contributed by atoms with van der Waals surface area (Å²) in [5.41, 5.74) is 1.86. The maximum absolute atomic E-state index is 12.7. The first-order valence-electron chi connectivity index (χ1n) is 8.73. The summed E-state index contributed by atoms with van der Waals surface area (Å²) >= 11 is 0. The summed E-state index contributed by atoms with van der Waals surface area (Å²) < 4.78 is 11.8. The number of piperidine rings is 1. The summed E-state index contributed by atoms with van der Waals surface area (Å²) in [5.74, 6) is 0.132. The molecule has 1 spiro atoms. The van der Waals surface area contributed by atoms with Gasteiger partial charge in [-0.1, -0.05) is 19.1 Å². The SMILES string of the molecule is CCc1ccc(C(=O)N2CCC3(CC2)OCCCC3OC)cc1. The lowest BCUT2D eigenvalue weighted by Crippen LogP contribution is -2.56. The fourth-order valence-corrected chi connectivity index (χ4v) is 3.85. The zero-order valence-corrected chi connectivity index (χ0v) is 14.2. The number of ether oxygens (including phenoxy) is 2. The van der Waals surface area contributed by atoms with Crippen molar-refractivity contribution in [3.05, 3.63) is 35.4 Å². The summed E-state index contributed by atoms with van der Waals surface area (Å²) in [6.45, 7) is 4.42. The number of methoxy groups -OCH3 is 1. The molecule has 2 aliphatic rings. The number of nitrogens with zero attached hydrogens (tertiary/aromatic N) is 1. The van der Waals surface area contributed by atoms with E-state index in [4.69, 9.17) is 9.47 Å². The molecule has 2 saturated heterocycles. The van der Waals surface area contributed by atoms with Gasteiger partial charge in [0.2, 0.25) is 0 Å². The van der Waals surface area contributed by atoms with Crippen LogP contribution in [0.4, 0.5) is 0 Å². The summed E-state index contributed by atoms with van der Waals surface area (Å²) in [6.07, 6.45) is 5.01. The Bertz CT molecular complexity index is 532. The number of likely N-dealkylation sites (tertiary alicyclic amines) is 1. The maximum atomic E-state index is 12.7. The van der Waals surface area contributed by atoms with Gasteiger partial charge < -0.3 is 14.4 Å². The molecular weight excluding hydrogens is 290 g/mol. The second-order valence-electron chi connectivity index (χ2n) is 6.62. The second kappa shape index (κ2) is 7.02. The fourth-order valence-electron chi connectivity index (χ4n) is 3.85. The van der Waals surface area contributed by atoms with Gasteiger partial charge in [-0.25, -0.2) is 0 Å². The van der Waals surface area contributed by atoms with Gasteiger partial charge in [0.15, 0.2) is 0 Å². The Morgan fingerprint density at radius 1 is 1.30 bits per heavy atom. The maximum Gasteiger partial charge on any atom is 0.253 e. The molecule has 4 heteroatoms. The van der Waals surface area contributed by atoms with Gasteiger partial charge >= 0.3 is 0 Å². The smallest absolute Gasteiger partial charge is 0.253 e. The van der Waals surface area contributed by atoms with Gasteiger partial charge in [0.1, 0.15) is 0 Å². The first kappa shape index (κ1) is 16.5. The Balaban J connectivity index is 1.64. The lowest BCUT2D eigenvalue weighted by molar-refractivity contribution is -0.183. The van der Waals surface area contributed by atoms with Crippen LogP contribution in [-0.2, 0) is 15.9 Å². The van der Waals surface area contributed by atoms with E-state index in [1.807, 2.05) is 29.2 Å². The number of carbonyl (C=O) groups is 1. The van der Waals surface area contributed by atoms with E-state index in [9.17, 15) is 4.79 Å². The Labute approximate surface area is 138 Å². The largest absolute Gasteiger partial charge is 0.378 e. The van der Waals surface area contributed by atoms with Gasteiger partial charge in [0.05, 0.1) is 11.7 Å². The molecule has 0 radical (unpaired) electrons. The van der Waals surface area contributed by atoms with E-state index in [-0.39, 0.29) is 17.6 Å². The van der Waals surface area contributed by atoms with Crippen LogP contribution < -0.4 is 0 Å². The topological polar surface area (TPSA) is 38.8 Å². The highest BCUT2D eigenvalue weighted by Crippen LogP contribution is 2.37. The third-order valence-corrected chi connectivity index (χ3v) is 5.38. The van der Waals surface area contributed by atoms with E-state index in [0.717, 1.165) is 57.4 Å². The van der Waals surface area contributed by atoms with Crippen LogP contribution in [-0.4, -0.2) is 49.3 Å². The number of rotatable bonds is 3. The number of aryl methyl sites for hydroxylation is 1. The molecule has 2 heterocycles. The second-order valence-corrected chi connectivity index (χ2v) is 6.62. The minimum Gasteiger partial charge on any atom is -0.378 e. The molecular formula is C19H27NO3. The van der Waals surface area contributed by atoms with Gasteiger partial charge in [-0.3, -0.25) is 4.79 Å². The van der Waals surface area contributed by atoms with Crippen molar-refractivity contribution < 1.29 is 14.3 Å². The van der Waals surface area contributed by atoms with E-state index in [2.05, 4.69) is 6.92 Å². The molecule has 126 valence electrons. The molecule has 1 unspecified atom stereocenters. The van der Waals surface area contributed by atoms with Crippen LogP contribution in [0.2, 0.25) is 0 Å². The van der Waals surface area contributed by atoms with Crippen LogP contribution >= 0.6 is 0 Å². The predicted octanol–water partition coefficient (Wildman–Crippen LogP) is 3.05. The zero-order chi connectivity index (χ0) is 16.3. The molecule has 0 aromatic heterocycles.